The second-order valence-electron chi connectivity index (χ2n) is 5.01. The summed E-state index contributed by atoms with van der Waals surface area (Å²) in [7, 11) is 1.84. The Labute approximate surface area is 123 Å². The number of hydrogen-bond donors (Lipinski definition) is 2. The highest BCUT2D eigenvalue weighted by Crippen LogP contribution is 2.20. The zero-order chi connectivity index (χ0) is 14.7. The van der Waals surface area contributed by atoms with Gasteiger partial charge in [-0.3, -0.25) is 9.89 Å². The van der Waals surface area contributed by atoms with Crippen LogP contribution in [0.15, 0.2) is 30.3 Å². The molecule has 0 spiro atoms. The van der Waals surface area contributed by atoms with Gasteiger partial charge in [-0.1, -0.05) is 32.0 Å². The van der Waals surface area contributed by atoms with E-state index in [2.05, 4.69) is 15.5 Å². The van der Waals surface area contributed by atoms with Gasteiger partial charge < -0.3 is 9.88 Å². The van der Waals surface area contributed by atoms with Gasteiger partial charge in [-0.05, 0) is 30.3 Å². The molecule has 1 unspecified atom stereocenters. The molecule has 2 rings (SSSR count). The highest BCUT2D eigenvalue weighted by molar-refractivity contribution is 7.71. The van der Waals surface area contributed by atoms with E-state index in [9.17, 15) is 4.79 Å². The third-order valence-electron chi connectivity index (χ3n) is 3.18. The van der Waals surface area contributed by atoms with E-state index in [1.807, 2.05) is 39.1 Å². The van der Waals surface area contributed by atoms with Crippen molar-refractivity contribution in [3.8, 4) is 0 Å². The molecule has 0 aliphatic rings. The van der Waals surface area contributed by atoms with E-state index < -0.39 is 0 Å². The van der Waals surface area contributed by atoms with Gasteiger partial charge in [0.1, 0.15) is 0 Å². The first kappa shape index (κ1) is 14.5. The Balaban J connectivity index is 2.25. The van der Waals surface area contributed by atoms with E-state index in [1.54, 1.807) is 16.7 Å². The summed E-state index contributed by atoms with van der Waals surface area (Å²) in [6, 6.07) is 8.95. The van der Waals surface area contributed by atoms with Gasteiger partial charge in [0.2, 0.25) is 0 Å². The molecule has 0 saturated heterocycles. The van der Waals surface area contributed by atoms with Crippen LogP contribution >= 0.6 is 12.2 Å². The largest absolute Gasteiger partial charge is 0.342 e. The molecular formula is C14H18N4OS. The average molecular weight is 290 g/mol. The lowest BCUT2D eigenvalue weighted by Gasteiger charge is -2.21. The Morgan fingerprint density at radius 3 is 2.50 bits per heavy atom. The van der Waals surface area contributed by atoms with Crippen LogP contribution in [0.25, 0.3) is 0 Å². The Kier molecular flexibility index (Phi) is 4.34. The fraction of sp³-hybridized carbons (Fsp3) is 0.357. The van der Waals surface area contributed by atoms with Crippen molar-refractivity contribution < 1.29 is 4.79 Å². The van der Waals surface area contributed by atoms with Crippen molar-refractivity contribution in [3.05, 3.63) is 46.5 Å². The summed E-state index contributed by atoms with van der Waals surface area (Å²) in [5.41, 5.74) is 0.634. The topological polar surface area (TPSA) is 62.7 Å². The zero-order valence-electron chi connectivity index (χ0n) is 11.8. The second-order valence-corrected chi connectivity index (χ2v) is 5.39. The Morgan fingerprint density at radius 2 is 2.00 bits per heavy atom. The smallest absolute Gasteiger partial charge is 0.251 e. The molecule has 0 bridgehead atoms. The van der Waals surface area contributed by atoms with Crippen molar-refractivity contribution in [3.63, 3.8) is 0 Å². The van der Waals surface area contributed by atoms with Crippen LogP contribution in [0.5, 0.6) is 0 Å². The second kappa shape index (κ2) is 6.00. The van der Waals surface area contributed by atoms with Crippen LogP contribution in [-0.4, -0.2) is 20.7 Å². The molecule has 1 atom stereocenters. The first-order chi connectivity index (χ1) is 9.50. The van der Waals surface area contributed by atoms with Crippen molar-refractivity contribution in [1.82, 2.24) is 20.1 Å². The van der Waals surface area contributed by atoms with Gasteiger partial charge in [0, 0.05) is 12.6 Å². The number of carbonyl (C=O) groups is 1. The lowest BCUT2D eigenvalue weighted by molar-refractivity contribution is 0.0922. The molecule has 2 N–H and O–H groups in total. The lowest BCUT2D eigenvalue weighted by Crippen LogP contribution is -2.33. The summed E-state index contributed by atoms with van der Waals surface area (Å²) in [5, 5.41) is 9.98. The molecule has 0 aliphatic carbocycles. The SMILES string of the molecule is CC(C)C(NC(=O)c1ccccc1)c1n[nH]c(=S)n1C. The number of aromatic amines is 1. The fourth-order valence-electron chi connectivity index (χ4n) is 1.98. The number of hydrogen-bond acceptors (Lipinski definition) is 3. The maximum Gasteiger partial charge on any atom is 0.251 e. The number of H-pyrrole nitrogens is 1. The third kappa shape index (κ3) is 2.96. The summed E-state index contributed by atoms with van der Waals surface area (Å²) in [5.74, 6) is 0.819. The quantitative estimate of drug-likeness (QED) is 0.851. The standard InChI is InChI=1S/C14H18N4OS/c1-9(2)11(12-16-17-14(20)18(12)3)15-13(19)10-7-5-4-6-8-10/h4-9,11H,1-3H3,(H,15,19)(H,17,20). The molecule has 0 fully saturated rings. The van der Waals surface area contributed by atoms with Crippen LogP contribution in [0.1, 0.15) is 36.1 Å². The number of benzene rings is 1. The van der Waals surface area contributed by atoms with Gasteiger partial charge in [0.05, 0.1) is 6.04 Å². The molecule has 2 aromatic rings. The Hall–Kier alpha value is -1.95. The molecule has 0 radical (unpaired) electrons. The Bertz CT molecular complexity index is 645. The van der Waals surface area contributed by atoms with Gasteiger partial charge in [-0.2, -0.15) is 5.10 Å². The number of nitrogens with one attached hydrogen (secondary N) is 2. The predicted molar refractivity (Wildman–Crippen MR) is 79.9 cm³/mol. The molecule has 20 heavy (non-hydrogen) atoms. The maximum absolute atomic E-state index is 12.3. The van der Waals surface area contributed by atoms with Crippen LogP contribution in [0, 0.1) is 10.7 Å². The summed E-state index contributed by atoms with van der Waals surface area (Å²) in [4.78, 5) is 12.3. The van der Waals surface area contributed by atoms with Crippen LogP contribution < -0.4 is 5.32 Å². The molecule has 0 aliphatic heterocycles. The molecule has 5 nitrogen and oxygen atoms in total. The summed E-state index contributed by atoms with van der Waals surface area (Å²) in [6.07, 6.45) is 0. The number of carbonyl (C=O) groups excluding carboxylic acids is 1. The summed E-state index contributed by atoms with van der Waals surface area (Å²) in [6.45, 7) is 4.07. The van der Waals surface area contributed by atoms with Gasteiger partial charge in [-0.25, -0.2) is 0 Å². The molecule has 1 aromatic carbocycles. The highest BCUT2D eigenvalue weighted by Gasteiger charge is 2.23. The Morgan fingerprint density at radius 1 is 1.35 bits per heavy atom. The molecule has 6 heteroatoms. The van der Waals surface area contributed by atoms with Gasteiger partial charge in [0.15, 0.2) is 10.6 Å². The van der Waals surface area contributed by atoms with Crippen LogP contribution in [0.2, 0.25) is 0 Å². The fourth-order valence-corrected chi connectivity index (χ4v) is 2.12. The first-order valence-corrected chi connectivity index (χ1v) is 6.88. The molecule has 1 amide bonds. The summed E-state index contributed by atoms with van der Waals surface area (Å²) < 4.78 is 2.32. The summed E-state index contributed by atoms with van der Waals surface area (Å²) >= 11 is 5.12. The van der Waals surface area contributed by atoms with E-state index in [0.29, 0.717) is 10.3 Å². The number of nitrogens with zero attached hydrogens (tertiary/aromatic N) is 2. The van der Waals surface area contributed by atoms with Crippen molar-refractivity contribution in [2.75, 3.05) is 0 Å². The van der Waals surface area contributed by atoms with Crippen molar-refractivity contribution in [2.45, 2.75) is 19.9 Å². The van der Waals surface area contributed by atoms with Gasteiger partial charge in [-0.15, -0.1) is 0 Å². The van der Waals surface area contributed by atoms with Gasteiger partial charge >= 0.3 is 0 Å². The third-order valence-corrected chi connectivity index (χ3v) is 3.55. The average Bonchev–Trinajstić information content (AvgIpc) is 2.77. The van der Waals surface area contributed by atoms with Gasteiger partial charge in [0.25, 0.3) is 5.91 Å². The van der Waals surface area contributed by atoms with Crippen LogP contribution in [0.4, 0.5) is 0 Å². The molecule has 106 valence electrons. The van der Waals surface area contributed by atoms with E-state index >= 15 is 0 Å². The number of aromatic nitrogens is 3. The lowest BCUT2D eigenvalue weighted by atomic mass is 10.0. The van der Waals surface area contributed by atoms with Crippen LogP contribution in [-0.2, 0) is 7.05 Å². The molecule has 0 saturated carbocycles. The minimum atomic E-state index is -0.194. The minimum Gasteiger partial charge on any atom is -0.342 e. The molecule has 1 aromatic heterocycles. The first-order valence-electron chi connectivity index (χ1n) is 6.48. The van der Waals surface area contributed by atoms with E-state index in [0.717, 1.165) is 5.82 Å². The normalized spacial score (nSPS) is 12.4. The van der Waals surface area contributed by atoms with Crippen molar-refractivity contribution in [1.29, 1.82) is 0 Å². The predicted octanol–water partition coefficient (Wildman–Crippen LogP) is 2.60. The molecule has 1 heterocycles. The molecular weight excluding hydrogens is 272 g/mol. The van der Waals surface area contributed by atoms with E-state index in [1.165, 1.54) is 0 Å². The van der Waals surface area contributed by atoms with Crippen LogP contribution in [0.3, 0.4) is 0 Å². The highest BCUT2D eigenvalue weighted by atomic mass is 32.1. The van der Waals surface area contributed by atoms with E-state index in [4.69, 9.17) is 12.2 Å². The number of amides is 1. The van der Waals surface area contributed by atoms with Crippen molar-refractivity contribution >= 4 is 18.1 Å². The van der Waals surface area contributed by atoms with Crippen molar-refractivity contribution in [2.24, 2.45) is 13.0 Å². The van der Waals surface area contributed by atoms with E-state index in [-0.39, 0.29) is 17.9 Å². The minimum absolute atomic E-state index is 0.113. The maximum atomic E-state index is 12.3. The number of rotatable bonds is 4. The zero-order valence-corrected chi connectivity index (χ0v) is 12.6. The monoisotopic (exact) mass is 290 g/mol.